The number of aromatic nitrogens is 2. The third-order valence-corrected chi connectivity index (χ3v) is 3.23. The Morgan fingerprint density at radius 2 is 1.88 bits per heavy atom. The van der Waals surface area contributed by atoms with E-state index in [1.807, 2.05) is 13.8 Å². The Morgan fingerprint density at radius 1 is 1.29 bits per heavy atom. The van der Waals surface area contributed by atoms with Crippen LogP contribution in [0.2, 0.25) is 0 Å². The number of nitrogens with one attached hydrogen (secondary N) is 2. The molecule has 0 radical (unpaired) electrons. The first-order valence-corrected chi connectivity index (χ1v) is 7.97. The number of H-pyrrole nitrogens is 1. The van der Waals surface area contributed by atoms with Crippen molar-refractivity contribution in [3.63, 3.8) is 0 Å². The van der Waals surface area contributed by atoms with Crippen LogP contribution in [0.15, 0.2) is 6.33 Å². The number of carbonyl (C=O) groups excluding carboxylic acids is 3. The predicted molar refractivity (Wildman–Crippen MR) is 88.6 cm³/mol. The summed E-state index contributed by atoms with van der Waals surface area (Å²) in [5, 5.41) is 2.51. The van der Waals surface area contributed by atoms with Gasteiger partial charge in [0.05, 0.1) is 6.33 Å². The zero-order valence-electron chi connectivity index (χ0n) is 15.1. The lowest BCUT2D eigenvalue weighted by atomic mass is 10.2. The highest BCUT2D eigenvalue weighted by atomic mass is 16.6. The smallest absolute Gasteiger partial charge is 0.328 e. The molecule has 0 fully saturated rings. The van der Waals surface area contributed by atoms with Crippen LogP contribution in [0.5, 0.6) is 0 Å². The van der Waals surface area contributed by atoms with Crippen molar-refractivity contribution in [1.29, 1.82) is 0 Å². The normalized spacial score (nSPS) is 12.4. The topological polar surface area (TPSA) is 104 Å². The van der Waals surface area contributed by atoms with Gasteiger partial charge in [-0.15, -0.1) is 0 Å². The average molecular weight is 338 g/mol. The molecule has 1 aromatic heterocycles. The number of hydrogen-bond donors (Lipinski definition) is 2. The average Bonchev–Trinajstić information content (AvgIpc) is 2.95. The monoisotopic (exact) mass is 338 g/mol. The van der Waals surface area contributed by atoms with Gasteiger partial charge in [-0.2, -0.15) is 0 Å². The van der Waals surface area contributed by atoms with E-state index in [9.17, 15) is 14.4 Å². The van der Waals surface area contributed by atoms with Crippen molar-refractivity contribution in [3.05, 3.63) is 17.7 Å². The molecule has 1 aromatic rings. The summed E-state index contributed by atoms with van der Waals surface area (Å²) in [4.78, 5) is 44.8. The molecule has 2 N–H and O–H groups in total. The molecule has 8 heteroatoms. The minimum absolute atomic E-state index is 0.0395. The van der Waals surface area contributed by atoms with Crippen LogP contribution in [-0.2, 0) is 9.53 Å². The highest BCUT2D eigenvalue weighted by Crippen LogP contribution is 2.10. The van der Waals surface area contributed by atoms with Crippen LogP contribution in [0.4, 0.5) is 0 Å². The highest BCUT2D eigenvalue weighted by molar-refractivity contribution is 6.05. The Bertz CT molecular complexity index is 599. The Labute approximate surface area is 142 Å². The van der Waals surface area contributed by atoms with E-state index in [1.165, 1.54) is 13.3 Å². The molecule has 24 heavy (non-hydrogen) atoms. The van der Waals surface area contributed by atoms with Crippen molar-refractivity contribution in [2.45, 2.75) is 53.2 Å². The molecule has 0 aliphatic rings. The third kappa shape index (κ3) is 5.07. The summed E-state index contributed by atoms with van der Waals surface area (Å²) in [7, 11) is 0. The molecular weight excluding hydrogens is 312 g/mol. The van der Waals surface area contributed by atoms with Gasteiger partial charge in [0.2, 0.25) is 0 Å². The van der Waals surface area contributed by atoms with Gasteiger partial charge in [-0.25, -0.2) is 9.78 Å². The molecule has 0 spiro atoms. The molecule has 1 atom stereocenters. The fraction of sp³-hybridized carbons (Fsp3) is 0.625. The van der Waals surface area contributed by atoms with Crippen LogP contribution in [0.3, 0.4) is 0 Å². The van der Waals surface area contributed by atoms with Crippen LogP contribution in [0.1, 0.15) is 62.5 Å². The van der Waals surface area contributed by atoms with Gasteiger partial charge < -0.3 is 19.9 Å². The number of hydrogen-bond acceptors (Lipinski definition) is 5. The van der Waals surface area contributed by atoms with Crippen molar-refractivity contribution >= 4 is 17.8 Å². The van der Waals surface area contributed by atoms with E-state index in [0.29, 0.717) is 13.1 Å². The Balaban J connectivity index is 2.85. The van der Waals surface area contributed by atoms with E-state index in [-0.39, 0.29) is 17.3 Å². The summed E-state index contributed by atoms with van der Waals surface area (Å²) in [5.41, 5.74) is -0.582. The summed E-state index contributed by atoms with van der Waals surface area (Å²) in [6.07, 6.45) is 1.28. The number of aromatic amines is 1. The minimum Gasteiger partial charge on any atom is -0.458 e. The molecule has 0 aliphatic heterocycles. The lowest BCUT2D eigenvalue weighted by molar-refractivity contribution is -0.156. The number of rotatable bonds is 6. The van der Waals surface area contributed by atoms with E-state index in [1.54, 1.807) is 25.7 Å². The molecule has 8 nitrogen and oxygen atoms in total. The Morgan fingerprint density at radius 3 is 2.38 bits per heavy atom. The number of carbonyl (C=O) groups is 3. The number of amides is 2. The van der Waals surface area contributed by atoms with Gasteiger partial charge in [0, 0.05) is 13.1 Å². The summed E-state index contributed by atoms with van der Waals surface area (Å²) >= 11 is 0. The molecule has 134 valence electrons. The van der Waals surface area contributed by atoms with Crippen LogP contribution in [0, 0.1) is 0 Å². The standard InChI is InChI=1S/C16H26N4O4/c1-7-20(8-2)14(22)12-11(17-9-18-12)13(21)19-10(3)15(23)24-16(4,5)6/h9-10H,7-8H2,1-6H3,(H,17,18)(H,19,21)/t10-/m0/s1. The maximum absolute atomic E-state index is 12.4. The first kappa shape index (κ1) is 19.7. The molecule has 1 heterocycles. The number of nitrogens with zero attached hydrogens (tertiary/aromatic N) is 2. The van der Waals surface area contributed by atoms with E-state index < -0.39 is 23.5 Å². The summed E-state index contributed by atoms with van der Waals surface area (Å²) in [5.74, 6) is -1.47. The second-order valence-electron chi connectivity index (χ2n) is 6.33. The third-order valence-electron chi connectivity index (χ3n) is 3.23. The van der Waals surface area contributed by atoms with Crippen molar-refractivity contribution < 1.29 is 19.1 Å². The Hall–Kier alpha value is -2.38. The lowest BCUT2D eigenvalue weighted by Crippen LogP contribution is -2.43. The molecule has 0 saturated heterocycles. The predicted octanol–water partition coefficient (Wildman–Crippen LogP) is 1.35. The molecule has 0 unspecified atom stereocenters. The number of esters is 1. The largest absolute Gasteiger partial charge is 0.458 e. The zero-order valence-corrected chi connectivity index (χ0v) is 15.1. The molecule has 1 rings (SSSR count). The van der Waals surface area contributed by atoms with Crippen LogP contribution >= 0.6 is 0 Å². The molecular formula is C16H26N4O4. The minimum atomic E-state index is -0.857. The van der Waals surface area contributed by atoms with Crippen LogP contribution in [0.25, 0.3) is 0 Å². The van der Waals surface area contributed by atoms with Crippen molar-refractivity contribution in [2.75, 3.05) is 13.1 Å². The van der Waals surface area contributed by atoms with Gasteiger partial charge in [-0.3, -0.25) is 9.59 Å². The fourth-order valence-corrected chi connectivity index (χ4v) is 2.01. The van der Waals surface area contributed by atoms with Crippen LogP contribution < -0.4 is 5.32 Å². The lowest BCUT2D eigenvalue weighted by Gasteiger charge is -2.22. The maximum Gasteiger partial charge on any atom is 0.328 e. The number of imidazole rings is 1. The van der Waals surface area contributed by atoms with Gasteiger partial charge in [-0.05, 0) is 41.5 Å². The first-order chi connectivity index (χ1) is 11.1. The summed E-state index contributed by atoms with van der Waals surface area (Å²) in [6.45, 7) is 11.5. The summed E-state index contributed by atoms with van der Waals surface area (Å²) < 4.78 is 5.21. The SMILES string of the molecule is CCN(CC)C(=O)c1[nH]cnc1C(=O)N[C@@H](C)C(=O)OC(C)(C)C. The Kier molecular flexibility index (Phi) is 6.51. The highest BCUT2D eigenvalue weighted by Gasteiger charge is 2.27. The summed E-state index contributed by atoms with van der Waals surface area (Å²) in [6, 6.07) is -0.857. The van der Waals surface area contributed by atoms with E-state index >= 15 is 0 Å². The van der Waals surface area contributed by atoms with Crippen LogP contribution in [-0.4, -0.2) is 57.4 Å². The van der Waals surface area contributed by atoms with Gasteiger partial charge in [0.25, 0.3) is 11.8 Å². The quantitative estimate of drug-likeness (QED) is 0.762. The van der Waals surface area contributed by atoms with E-state index in [0.717, 1.165) is 0 Å². The number of ether oxygens (including phenoxy) is 1. The van der Waals surface area contributed by atoms with Gasteiger partial charge >= 0.3 is 5.97 Å². The van der Waals surface area contributed by atoms with E-state index in [2.05, 4.69) is 15.3 Å². The molecule has 0 bridgehead atoms. The van der Waals surface area contributed by atoms with Gasteiger partial charge in [0.1, 0.15) is 17.3 Å². The molecule has 0 aliphatic carbocycles. The van der Waals surface area contributed by atoms with Gasteiger partial charge in [-0.1, -0.05) is 0 Å². The fourth-order valence-electron chi connectivity index (χ4n) is 2.01. The second-order valence-corrected chi connectivity index (χ2v) is 6.33. The molecule has 0 saturated carbocycles. The first-order valence-electron chi connectivity index (χ1n) is 7.97. The van der Waals surface area contributed by atoms with E-state index in [4.69, 9.17) is 4.74 Å². The zero-order chi connectivity index (χ0) is 18.5. The van der Waals surface area contributed by atoms with Gasteiger partial charge in [0.15, 0.2) is 5.69 Å². The molecule has 0 aromatic carbocycles. The van der Waals surface area contributed by atoms with Crippen molar-refractivity contribution in [2.24, 2.45) is 0 Å². The molecule has 2 amide bonds. The maximum atomic E-state index is 12.4. The van der Waals surface area contributed by atoms with Crippen molar-refractivity contribution in [3.8, 4) is 0 Å². The second kappa shape index (κ2) is 7.94. The van der Waals surface area contributed by atoms with Crippen molar-refractivity contribution in [1.82, 2.24) is 20.2 Å².